The minimum absolute atomic E-state index is 0.0313. The monoisotopic (exact) mass is 540 g/mol. The number of halogens is 6. The van der Waals surface area contributed by atoms with Crippen LogP contribution in [0, 0.1) is 0 Å². The standard InChI is InChI=1S/C24H22F6N6O2/c25-23(26,27)16-7-13(8-17(11-16)24(28,29)30)12-36(21-31-33-34-32-21)19-5-2-6-35(22(37)38)20-10-15-4-1-3-14(15)9-18(19)20/h7-11,19H,1-6,12H2,(H,37,38)(H,31,32,33,34). The molecule has 0 saturated carbocycles. The molecular weight excluding hydrogens is 518 g/mol. The van der Waals surface area contributed by atoms with Crippen molar-refractivity contribution in [3.05, 3.63) is 63.7 Å². The lowest BCUT2D eigenvalue weighted by Gasteiger charge is -2.32. The average Bonchev–Trinajstić information content (AvgIpc) is 3.49. The highest BCUT2D eigenvalue weighted by atomic mass is 19.4. The van der Waals surface area contributed by atoms with Crippen LogP contribution in [0.5, 0.6) is 0 Å². The molecule has 202 valence electrons. The molecule has 14 heteroatoms. The number of nitrogens with zero attached hydrogens (tertiary/aromatic N) is 5. The molecule has 0 saturated heterocycles. The Morgan fingerprint density at radius 2 is 1.66 bits per heavy atom. The molecule has 1 unspecified atom stereocenters. The predicted octanol–water partition coefficient (Wildman–Crippen LogP) is 5.75. The number of carbonyl (C=O) groups is 1. The van der Waals surface area contributed by atoms with E-state index >= 15 is 0 Å². The van der Waals surface area contributed by atoms with Gasteiger partial charge in [0.05, 0.1) is 22.9 Å². The van der Waals surface area contributed by atoms with E-state index in [1.54, 1.807) is 0 Å². The summed E-state index contributed by atoms with van der Waals surface area (Å²) in [5, 5.41) is 23.6. The molecule has 0 fully saturated rings. The van der Waals surface area contributed by atoms with Crippen molar-refractivity contribution in [3.8, 4) is 0 Å². The highest BCUT2D eigenvalue weighted by molar-refractivity contribution is 5.88. The number of nitrogens with one attached hydrogen (secondary N) is 1. The zero-order valence-corrected chi connectivity index (χ0v) is 19.8. The zero-order chi connectivity index (χ0) is 27.2. The fourth-order valence-corrected chi connectivity index (χ4v) is 5.28. The maximum Gasteiger partial charge on any atom is 0.416 e. The number of hydrogen-bond donors (Lipinski definition) is 2. The van der Waals surface area contributed by atoms with Crippen LogP contribution in [0.15, 0.2) is 30.3 Å². The van der Waals surface area contributed by atoms with Crippen molar-refractivity contribution in [2.45, 2.75) is 57.0 Å². The third-order valence-corrected chi connectivity index (χ3v) is 6.95. The van der Waals surface area contributed by atoms with Gasteiger partial charge in [-0.1, -0.05) is 11.2 Å². The Morgan fingerprint density at radius 3 is 2.24 bits per heavy atom. The number of benzene rings is 2. The number of tetrazole rings is 1. The van der Waals surface area contributed by atoms with Gasteiger partial charge in [-0.15, -0.1) is 5.10 Å². The maximum atomic E-state index is 13.5. The number of anilines is 2. The van der Waals surface area contributed by atoms with Gasteiger partial charge in [-0.25, -0.2) is 4.79 Å². The second-order valence-electron chi connectivity index (χ2n) is 9.38. The molecule has 2 aliphatic rings. The van der Waals surface area contributed by atoms with Gasteiger partial charge >= 0.3 is 18.4 Å². The summed E-state index contributed by atoms with van der Waals surface area (Å²) in [5.74, 6) is -0.0313. The van der Waals surface area contributed by atoms with Gasteiger partial charge in [-0.3, -0.25) is 4.90 Å². The minimum Gasteiger partial charge on any atom is -0.465 e. The molecule has 0 radical (unpaired) electrons. The van der Waals surface area contributed by atoms with E-state index in [9.17, 15) is 36.2 Å². The van der Waals surface area contributed by atoms with Crippen molar-refractivity contribution in [2.24, 2.45) is 0 Å². The molecule has 0 bridgehead atoms. The summed E-state index contributed by atoms with van der Waals surface area (Å²) in [6.07, 6.45) is -7.92. The van der Waals surface area contributed by atoms with Gasteiger partial charge in [0, 0.05) is 13.1 Å². The van der Waals surface area contributed by atoms with E-state index in [-0.39, 0.29) is 24.1 Å². The second-order valence-corrected chi connectivity index (χ2v) is 9.38. The summed E-state index contributed by atoms with van der Waals surface area (Å²) in [7, 11) is 0. The van der Waals surface area contributed by atoms with Crippen LogP contribution in [0.4, 0.5) is 42.8 Å². The summed E-state index contributed by atoms with van der Waals surface area (Å²) in [6.45, 7) is -0.222. The fraction of sp³-hybridized carbons (Fsp3) is 0.417. The Hall–Kier alpha value is -3.84. The predicted molar refractivity (Wildman–Crippen MR) is 123 cm³/mol. The van der Waals surface area contributed by atoms with Crippen LogP contribution in [-0.4, -0.2) is 38.4 Å². The third kappa shape index (κ3) is 4.98. The molecule has 1 aromatic heterocycles. The van der Waals surface area contributed by atoms with Crippen molar-refractivity contribution in [1.29, 1.82) is 0 Å². The second kappa shape index (κ2) is 9.48. The lowest BCUT2D eigenvalue weighted by Crippen LogP contribution is -2.31. The van der Waals surface area contributed by atoms with Crippen molar-refractivity contribution in [3.63, 3.8) is 0 Å². The first-order valence-corrected chi connectivity index (χ1v) is 11.9. The van der Waals surface area contributed by atoms with Crippen molar-refractivity contribution >= 4 is 17.7 Å². The van der Waals surface area contributed by atoms with Crippen LogP contribution in [0.3, 0.4) is 0 Å². The van der Waals surface area contributed by atoms with E-state index in [0.717, 1.165) is 30.4 Å². The first-order valence-electron chi connectivity index (χ1n) is 11.9. The molecule has 1 atom stereocenters. The highest BCUT2D eigenvalue weighted by Gasteiger charge is 2.38. The SMILES string of the molecule is O=C(O)N1CCCC(N(Cc2cc(C(F)(F)F)cc(C(F)(F)F)c2)c2nn[nH]n2)c2cc3c(cc21)CCC3. The van der Waals surface area contributed by atoms with Gasteiger partial charge in [0.2, 0.25) is 0 Å². The number of H-pyrrole nitrogens is 1. The summed E-state index contributed by atoms with van der Waals surface area (Å²) in [4.78, 5) is 14.8. The van der Waals surface area contributed by atoms with Gasteiger partial charge < -0.3 is 10.0 Å². The molecule has 1 aliphatic carbocycles. The van der Waals surface area contributed by atoms with E-state index in [2.05, 4.69) is 20.6 Å². The van der Waals surface area contributed by atoms with Gasteiger partial charge in [0.25, 0.3) is 5.95 Å². The largest absolute Gasteiger partial charge is 0.465 e. The Labute approximate surface area is 212 Å². The van der Waals surface area contributed by atoms with Crippen LogP contribution in [0.1, 0.15) is 58.7 Å². The molecule has 2 heterocycles. The first kappa shape index (κ1) is 25.8. The van der Waals surface area contributed by atoms with Crippen LogP contribution in [0.25, 0.3) is 0 Å². The molecule has 5 rings (SSSR count). The van der Waals surface area contributed by atoms with Crippen LogP contribution >= 0.6 is 0 Å². The number of rotatable bonds is 4. The molecule has 8 nitrogen and oxygen atoms in total. The van der Waals surface area contributed by atoms with Crippen molar-refractivity contribution in [2.75, 3.05) is 16.3 Å². The van der Waals surface area contributed by atoms with Gasteiger partial charge in [-0.05, 0) is 83.8 Å². The maximum absolute atomic E-state index is 13.5. The van der Waals surface area contributed by atoms with Crippen molar-refractivity contribution < 1.29 is 36.2 Å². The molecule has 38 heavy (non-hydrogen) atoms. The Morgan fingerprint density at radius 1 is 1.00 bits per heavy atom. The van der Waals surface area contributed by atoms with Crippen molar-refractivity contribution in [1.82, 2.24) is 20.6 Å². The minimum atomic E-state index is -5.00. The van der Waals surface area contributed by atoms with Gasteiger partial charge in [-0.2, -0.15) is 31.6 Å². The van der Waals surface area contributed by atoms with E-state index in [0.29, 0.717) is 36.2 Å². The molecule has 2 N–H and O–H groups in total. The van der Waals surface area contributed by atoms with E-state index in [4.69, 9.17) is 0 Å². The lowest BCUT2D eigenvalue weighted by molar-refractivity contribution is -0.143. The Bertz CT molecular complexity index is 1310. The number of aromatic nitrogens is 4. The van der Waals surface area contributed by atoms with E-state index < -0.39 is 42.2 Å². The number of aryl methyl sites for hydroxylation is 2. The third-order valence-electron chi connectivity index (χ3n) is 6.95. The Balaban J connectivity index is 1.63. The van der Waals surface area contributed by atoms with Crippen LogP contribution < -0.4 is 9.80 Å². The highest BCUT2D eigenvalue weighted by Crippen LogP contribution is 2.43. The smallest absolute Gasteiger partial charge is 0.416 e. The summed E-state index contributed by atoms with van der Waals surface area (Å²) < 4.78 is 81.1. The lowest BCUT2D eigenvalue weighted by atomic mass is 9.95. The zero-order valence-electron chi connectivity index (χ0n) is 19.8. The van der Waals surface area contributed by atoms with Crippen LogP contribution in [-0.2, 0) is 31.7 Å². The topological polar surface area (TPSA) is 98.2 Å². The molecule has 1 amide bonds. The summed E-state index contributed by atoms with van der Waals surface area (Å²) in [5.41, 5.74) is -0.00785. The molecule has 1 aliphatic heterocycles. The molecule has 2 aromatic carbocycles. The molecule has 3 aromatic rings. The Kier molecular flexibility index (Phi) is 6.43. The summed E-state index contributed by atoms with van der Waals surface area (Å²) in [6, 6.07) is 4.51. The van der Waals surface area contributed by atoms with Gasteiger partial charge in [0.15, 0.2) is 0 Å². The number of carboxylic acid groups (broad SMARTS) is 1. The number of fused-ring (bicyclic) bond motifs is 2. The van der Waals surface area contributed by atoms with Crippen LogP contribution in [0.2, 0.25) is 0 Å². The molecule has 0 spiro atoms. The number of aromatic amines is 1. The molecular formula is C24H22F6N6O2. The normalized spacial score (nSPS) is 17.6. The number of alkyl halides is 6. The van der Waals surface area contributed by atoms with E-state index in [1.165, 1.54) is 9.80 Å². The quantitative estimate of drug-likeness (QED) is 0.409. The average molecular weight is 540 g/mol. The van der Waals surface area contributed by atoms with E-state index in [1.807, 2.05) is 12.1 Å². The number of hydrogen-bond acceptors (Lipinski definition) is 5. The van der Waals surface area contributed by atoms with Gasteiger partial charge in [0.1, 0.15) is 0 Å². The fourth-order valence-electron chi connectivity index (χ4n) is 5.28. The summed E-state index contributed by atoms with van der Waals surface area (Å²) >= 11 is 0. The number of amides is 1. The first-order chi connectivity index (χ1) is 17.9.